The highest BCUT2D eigenvalue weighted by molar-refractivity contribution is 5.98. The molecule has 154 valence electrons. The van der Waals surface area contributed by atoms with Crippen LogP contribution in [-0.4, -0.2) is 40.4 Å². The van der Waals surface area contributed by atoms with Gasteiger partial charge in [-0.3, -0.25) is 9.78 Å². The molecule has 0 atom stereocenters. The Kier molecular flexibility index (Phi) is 5.60. The second-order valence-corrected chi connectivity index (χ2v) is 6.76. The quantitative estimate of drug-likeness (QED) is 0.670. The van der Waals surface area contributed by atoms with Gasteiger partial charge in [0.05, 0.1) is 11.4 Å². The van der Waals surface area contributed by atoms with Crippen LogP contribution in [-0.2, 0) is 12.8 Å². The zero-order valence-electron chi connectivity index (χ0n) is 15.7. The monoisotopic (exact) mass is 414 g/mol. The Morgan fingerprint density at radius 3 is 2.83 bits per heavy atom. The zero-order chi connectivity index (χ0) is 21.1. The number of hydrogen-bond donors (Lipinski definition) is 1. The van der Waals surface area contributed by atoms with E-state index in [1.165, 1.54) is 18.5 Å². The van der Waals surface area contributed by atoms with Crippen molar-refractivity contribution in [3.05, 3.63) is 71.1 Å². The van der Waals surface area contributed by atoms with Crippen LogP contribution in [0.3, 0.4) is 0 Å². The van der Waals surface area contributed by atoms with Crippen LogP contribution in [0.15, 0.2) is 42.9 Å². The van der Waals surface area contributed by atoms with Gasteiger partial charge >= 0.3 is 0 Å². The number of rotatable bonds is 6. The molecule has 1 aliphatic rings. The Morgan fingerprint density at radius 1 is 1.13 bits per heavy atom. The Bertz CT molecular complexity index is 1090. The van der Waals surface area contributed by atoms with Crippen molar-refractivity contribution in [1.29, 1.82) is 0 Å². The summed E-state index contributed by atoms with van der Waals surface area (Å²) in [6.45, 7) is -0.286. The lowest BCUT2D eigenvalue weighted by Gasteiger charge is -2.18. The third-order valence-corrected chi connectivity index (χ3v) is 4.62. The molecule has 1 amide bonds. The fourth-order valence-corrected chi connectivity index (χ4v) is 3.37. The van der Waals surface area contributed by atoms with Gasteiger partial charge in [-0.1, -0.05) is 0 Å². The summed E-state index contributed by atoms with van der Waals surface area (Å²) in [5, 5.41) is 2.79. The van der Waals surface area contributed by atoms with Gasteiger partial charge in [0.15, 0.2) is 0 Å². The van der Waals surface area contributed by atoms with E-state index in [2.05, 4.69) is 20.3 Å². The highest BCUT2D eigenvalue weighted by atomic mass is 19.3. The molecule has 0 fully saturated rings. The molecule has 9 heteroatoms. The Hall–Kier alpha value is -3.49. The first-order valence-corrected chi connectivity index (χ1v) is 9.27. The molecule has 0 radical (unpaired) electrons. The minimum absolute atomic E-state index is 0.0318. The largest absolute Gasteiger partial charge is 0.488 e. The second kappa shape index (κ2) is 8.48. The highest BCUT2D eigenvalue weighted by Crippen LogP contribution is 2.26. The Morgan fingerprint density at radius 2 is 2.00 bits per heavy atom. The van der Waals surface area contributed by atoms with Gasteiger partial charge in [-0.15, -0.1) is 0 Å². The van der Waals surface area contributed by atoms with E-state index in [-0.39, 0.29) is 18.1 Å². The van der Waals surface area contributed by atoms with Crippen LogP contribution >= 0.6 is 0 Å². The molecule has 3 heterocycles. The molecule has 0 spiro atoms. The summed E-state index contributed by atoms with van der Waals surface area (Å²) < 4.78 is 43.5. The molecule has 1 aromatic carbocycles. The fraction of sp³-hybridized carbons (Fsp3) is 0.238. The minimum atomic E-state index is -2.65. The Balaban J connectivity index is 1.61. The number of alkyl halides is 2. The lowest BCUT2D eigenvalue weighted by Crippen LogP contribution is -2.32. The molecule has 4 rings (SSSR count). The third kappa shape index (κ3) is 4.40. The van der Waals surface area contributed by atoms with Gasteiger partial charge in [-0.2, -0.15) is 0 Å². The fourth-order valence-electron chi connectivity index (χ4n) is 3.37. The van der Waals surface area contributed by atoms with E-state index >= 15 is 0 Å². The van der Waals surface area contributed by atoms with E-state index in [4.69, 9.17) is 4.74 Å². The molecular formula is C21H17F3N4O2. The number of ether oxygens (including phenoxy) is 1. The maximum atomic E-state index is 13.9. The number of aromatic nitrogens is 3. The maximum Gasteiger partial charge on any atom is 0.272 e. The van der Waals surface area contributed by atoms with Crippen molar-refractivity contribution >= 4 is 5.91 Å². The van der Waals surface area contributed by atoms with Crippen LogP contribution in [0.4, 0.5) is 13.2 Å². The van der Waals surface area contributed by atoms with Gasteiger partial charge in [-0.05, 0) is 41.8 Å². The van der Waals surface area contributed by atoms with Gasteiger partial charge < -0.3 is 10.1 Å². The lowest BCUT2D eigenvalue weighted by molar-refractivity contribution is 0.0817. The summed E-state index contributed by atoms with van der Waals surface area (Å²) >= 11 is 0. The normalized spacial score (nSPS) is 13.1. The summed E-state index contributed by atoms with van der Waals surface area (Å²) in [4.78, 5) is 25.0. The first kappa shape index (κ1) is 19.8. The van der Waals surface area contributed by atoms with Gasteiger partial charge in [0.25, 0.3) is 12.3 Å². The third-order valence-electron chi connectivity index (χ3n) is 4.62. The number of benzene rings is 1. The standard InChI is InChI=1S/C21H17F3N4O2/c22-13-5-12(7-15(8-13)30-10-19(23)24)6-14-9-18(28-11-27-14)20-16-1-4-26-21(29)17(16)2-3-25-20/h2-3,5,7-9,11,19H,1,4,6,10H2,(H,26,29). The molecule has 0 bridgehead atoms. The number of halogens is 3. The van der Waals surface area contributed by atoms with Crippen LogP contribution in [0.2, 0.25) is 0 Å². The lowest BCUT2D eigenvalue weighted by atomic mass is 9.97. The highest BCUT2D eigenvalue weighted by Gasteiger charge is 2.21. The van der Waals surface area contributed by atoms with E-state index < -0.39 is 18.8 Å². The van der Waals surface area contributed by atoms with Gasteiger partial charge in [0.2, 0.25) is 0 Å². The molecule has 3 aromatic rings. The van der Waals surface area contributed by atoms with Crippen molar-refractivity contribution in [1.82, 2.24) is 20.3 Å². The number of amides is 1. The van der Waals surface area contributed by atoms with Gasteiger partial charge in [0.1, 0.15) is 24.5 Å². The summed E-state index contributed by atoms with van der Waals surface area (Å²) in [7, 11) is 0. The zero-order valence-corrected chi connectivity index (χ0v) is 15.7. The van der Waals surface area contributed by atoms with E-state index in [0.29, 0.717) is 41.2 Å². The molecule has 1 N–H and O–H groups in total. The first-order chi connectivity index (χ1) is 14.5. The molecule has 1 aliphatic heterocycles. The first-order valence-electron chi connectivity index (χ1n) is 9.27. The van der Waals surface area contributed by atoms with Crippen LogP contribution in [0.1, 0.15) is 27.2 Å². The predicted molar refractivity (Wildman–Crippen MR) is 102 cm³/mol. The molecule has 6 nitrogen and oxygen atoms in total. The second-order valence-electron chi connectivity index (χ2n) is 6.76. The van der Waals surface area contributed by atoms with Crippen molar-refractivity contribution in [2.75, 3.05) is 13.2 Å². The predicted octanol–water partition coefficient (Wildman–Crippen LogP) is 3.20. The number of pyridine rings is 1. The number of fused-ring (bicyclic) bond motifs is 1. The minimum Gasteiger partial charge on any atom is -0.488 e. The number of carbonyl (C=O) groups excluding carboxylic acids is 1. The van der Waals surface area contributed by atoms with Crippen molar-refractivity contribution in [3.63, 3.8) is 0 Å². The van der Waals surface area contributed by atoms with Crippen molar-refractivity contribution in [2.24, 2.45) is 0 Å². The number of hydrogen-bond acceptors (Lipinski definition) is 5. The smallest absolute Gasteiger partial charge is 0.272 e. The maximum absolute atomic E-state index is 13.9. The number of nitrogens with one attached hydrogen (secondary N) is 1. The van der Waals surface area contributed by atoms with Gasteiger partial charge in [-0.25, -0.2) is 23.1 Å². The van der Waals surface area contributed by atoms with Crippen LogP contribution in [0, 0.1) is 5.82 Å². The summed E-state index contributed by atoms with van der Waals surface area (Å²) in [5.41, 5.74) is 3.65. The molecule has 0 aliphatic carbocycles. The van der Waals surface area contributed by atoms with Crippen LogP contribution in [0.5, 0.6) is 5.75 Å². The van der Waals surface area contributed by atoms with Crippen molar-refractivity contribution in [3.8, 4) is 17.1 Å². The van der Waals surface area contributed by atoms with E-state index in [0.717, 1.165) is 11.6 Å². The average Bonchev–Trinajstić information content (AvgIpc) is 2.72. The topological polar surface area (TPSA) is 77.0 Å². The molecule has 0 saturated carbocycles. The molecular weight excluding hydrogens is 397 g/mol. The Labute approximate surface area is 170 Å². The summed E-state index contributed by atoms with van der Waals surface area (Å²) in [5.74, 6) is -0.703. The van der Waals surface area contributed by atoms with Crippen LogP contribution < -0.4 is 10.1 Å². The molecule has 30 heavy (non-hydrogen) atoms. The molecule has 0 unspecified atom stereocenters. The number of nitrogens with zero attached hydrogens (tertiary/aromatic N) is 3. The number of carbonyl (C=O) groups is 1. The summed E-state index contributed by atoms with van der Waals surface area (Å²) in [6.07, 6.45) is 1.17. The van der Waals surface area contributed by atoms with E-state index in [1.54, 1.807) is 18.3 Å². The SMILES string of the molecule is O=C1NCCc2c1ccnc2-c1cc(Cc2cc(F)cc(OCC(F)F)c2)ncn1. The summed E-state index contributed by atoms with van der Waals surface area (Å²) in [6, 6.07) is 7.25. The van der Waals surface area contributed by atoms with Crippen molar-refractivity contribution in [2.45, 2.75) is 19.3 Å². The van der Waals surface area contributed by atoms with E-state index in [1.807, 2.05) is 0 Å². The van der Waals surface area contributed by atoms with Crippen molar-refractivity contribution < 1.29 is 22.7 Å². The average molecular weight is 414 g/mol. The van der Waals surface area contributed by atoms with Gasteiger partial charge in [0, 0.05) is 36.5 Å². The molecule has 2 aromatic heterocycles. The molecule has 0 saturated heterocycles. The van der Waals surface area contributed by atoms with E-state index in [9.17, 15) is 18.0 Å². The van der Waals surface area contributed by atoms with Crippen LogP contribution in [0.25, 0.3) is 11.4 Å².